The highest BCUT2D eigenvalue weighted by Crippen LogP contribution is 2.62. The third-order valence-corrected chi connectivity index (χ3v) is 6.99. The van der Waals surface area contributed by atoms with Gasteiger partial charge in [0.25, 0.3) is 0 Å². The highest BCUT2D eigenvalue weighted by molar-refractivity contribution is 5.70. The summed E-state index contributed by atoms with van der Waals surface area (Å²) in [5.74, 6) is 1.08. The molecule has 5 nitrogen and oxygen atoms in total. The van der Waals surface area contributed by atoms with E-state index in [2.05, 4.69) is 6.92 Å². The first kappa shape index (κ1) is 16.9. The number of carbonyl (C=O) groups excluding carboxylic acids is 1. The van der Waals surface area contributed by atoms with E-state index in [9.17, 15) is 20.1 Å². The van der Waals surface area contributed by atoms with Gasteiger partial charge in [0.2, 0.25) is 0 Å². The smallest absolute Gasteiger partial charge is 0.308 e. The maximum absolute atomic E-state index is 11.5. The van der Waals surface area contributed by atoms with Gasteiger partial charge in [0, 0.05) is 18.6 Å². The lowest BCUT2D eigenvalue weighted by molar-refractivity contribution is -0.132. The molecule has 0 aliphatic heterocycles. The molecule has 2 fully saturated rings. The minimum Gasteiger partial charge on any atom is -0.508 e. The Morgan fingerprint density at radius 3 is 2.76 bits per heavy atom. The molecule has 1 aromatic carbocycles. The molecule has 0 radical (unpaired) electrons. The fraction of sp³-hybridized carbons (Fsp3) is 0.650. The van der Waals surface area contributed by atoms with Crippen molar-refractivity contribution in [1.82, 2.24) is 0 Å². The molecule has 6 atom stereocenters. The van der Waals surface area contributed by atoms with E-state index in [0.717, 1.165) is 36.8 Å². The van der Waals surface area contributed by atoms with Crippen molar-refractivity contribution in [2.24, 2.45) is 17.3 Å². The van der Waals surface area contributed by atoms with Crippen LogP contribution in [0.15, 0.2) is 12.1 Å². The Balaban J connectivity index is 1.75. The van der Waals surface area contributed by atoms with Crippen molar-refractivity contribution < 1.29 is 24.9 Å². The van der Waals surface area contributed by atoms with Gasteiger partial charge in [0.1, 0.15) is 11.5 Å². The van der Waals surface area contributed by atoms with E-state index in [-0.39, 0.29) is 29.0 Å². The first-order valence-electron chi connectivity index (χ1n) is 9.21. The molecule has 0 heterocycles. The van der Waals surface area contributed by atoms with Crippen molar-refractivity contribution in [3.8, 4) is 11.5 Å². The summed E-state index contributed by atoms with van der Waals surface area (Å²) in [6, 6.07) is 3.32. The largest absolute Gasteiger partial charge is 0.508 e. The van der Waals surface area contributed by atoms with E-state index in [0.29, 0.717) is 18.1 Å². The summed E-state index contributed by atoms with van der Waals surface area (Å²) >= 11 is 0. The SMILES string of the molecule is CC(=O)Oc1cc(O)cc2c1[C@H]1CC[C@]3(C)[C@@H](O)[C@H](O)C[C@H]3[C@@H]1CC2. The van der Waals surface area contributed by atoms with Gasteiger partial charge in [-0.25, -0.2) is 0 Å². The number of aliphatic hydroxyl groups is 2. The molecule has 1 aromatic rings. The number of phenolic OH excluding ortho intramolecular Hbond substituents is 1. The number of esters is 1. The molecule has 0 bridgehead atoms. The molecule has 25 heavy (non-hydrogen) atoms. The van der Waals surface area contributed by atoms with E-state index in [1.807, 2.05) is 0 Å². The maximum Gasteiger partial charge on any atom is 0.308 e. The second-order valence-corrected chi connectivity index (χ2v) is 8.32. The number of fused-ring (bicyclic) bond motifs is 5. The Hall–Kier alpha value is -1.59. The number of rotatable bonds is 1. The average molecular weight is 346 g/mol. The van der Waals surface area contributed by atoms with Gasteiger partial charge < -0.3 is 20.1 Å². The zero-order valence-electron chi connectivity index (χ0n) is 14.7. The zero-order chi connectivity index (χ0) is 17.9. The fourth-order valence-corrected chi connectivity index (χ4v) is 5.89. The third kappa shape index (κ3) is 2.48. The molecule has 4 rings (SSSR count). The molecule has 5 heteroatoms. The molecule has 136 valence electrons. The first-order chi connectivity index (χ1) is 11.8. The molecule has 3 N–H and O–H groups in total. The van der Waals surface area contributed by atoms with Crippen LogP contribution in [0.4, 0.5) is 0 Å². The van der Waals surface area contributed by atoms with Crippen molar-refractivity contribution in [2.45, 2.75) is 64.1 Å². The topological polar surface area (TPSA) is 87.0 Å². The minimum atomic E-state index is -0.660. The third-order valence-electron chi connectivity index (χ3n) is 6.99. The molecule has 3 aliphatic rings. The van der Waals surface area contributed by atoms with Gasteiger partial charge in [-0.15, -0.1) is 0 Å². The van der Waals surface area contributed by atoms with Crippen LogP contribution in [0.3, 0.4) is 0 Å². The highest BCUT2D eigenvalue weighted by atomic mass is 16.5. The van der Waals surface area contributed by atoms with Crippen molar-refractivity contribution in [2.75, 3.05) is 0 Å². The summed E-state index contributed by atoms with van der Waals surface area (Å²) < 4.78 is 5.42. The van der Waals surface area contributed by atoms with Gasteiger partial charge in [-0.05, 0) is 66.9 Å². The van der Waals surface area contributed by atoms with Crippen LogP contribution in [-0.4, -0.2) is 33.5 Å². The molecule has 0 aromatic heterocycles. The molecular formula is C20H26O5. The van der Waals surface area contributed by atoms with E-state index in [1.165, 1.54) is 13.0 Å². The summed E-state index contributed by atoms with van der Waals surface area (Å²) in [7, 11) is 0. The highest BCUT2D eigenvalue weighted by Gasteiger charge is 2.58. The van der Waals surface area contributed by atoms with Crippen LogP contribution < -0.4 is 4.74 Å². The van der Waals surface area contributed by atoms with Gasteiger partial charge in [0.05, 0.1) is 12.2 Å². The van der Waals surface area contributed by atoms with Gasteiger partial charge in [-0.2, -0.15) is 0 Å². The van der Waals surface area contributed by atoms with Crippen molar-refractivity contribution in [3.63, 3.8) is 0 Å². The quantitative estimate of drug-likeness (QED) is 0.537. The van der Waals surface area contributed by atoms with Crippen LogP contribution in [0.5, 0.6) is 11.5 Å². The van der Waals surface area contributed by atoms with Crippen molar-refractivity contribution in [3.05, 3.63) is 23.3 Å². The average Bonchev–Trinajstić information content (AvgIpc) is 2.77. The van der Waals surface area contributed by atoms with E-state index in [4.69, 9.17) is 4.74 Å². The summed E-state index contributed by atoms with van der Waals surface area (Å²) in [6.45, 7) is 3.48. The minimum absolute atomic E-state index is 0.126. The Morgan fingerprint density at radius 1 is 1.28 bits per heavy atom. The van der Waals surface area contributed by atoms with Crippen LogP contribution in [0.1, 0.15) is 56.6 Å². The maximum atomic E-state index is 11.5. The van der Waals surface area contributed by atoms with E-state index < -0.39 is 12.2 Å². The van der Waals surface area contributed by atoms with Crippen LogP contribution in [0.25, 0.3) is 0 Å². The number of aromatic hydroxyl groups is 1. The summed E-state index contributed by atoms with van der Waals surface area (Å²) in [5.41, 5.74) is 1.86. The van der Waals surface area contributed by atoms with E-state index >= 15 is 0 Å². The monoisotopic (exact) mass is 346 g/mol. The number of aryl methyl sites for hydroxylation is 1. The number of carbonyl (C=O) groups is 1. The Morgan fingerprint density at radius 2 is 2.04 bits per heavy atom. The van der Waals surface area contributed by atoms with Crippen LogP contribution in [-0.2, 0) is 11.2 Å². The Kier molecular flexibility index (Phi) is 3.85. The predicted molar refractivity (Wildman–Crippen MR) is 91.4 cm³/mol. The summed E-state index contributed by atoms with van der Waals surface area (Å²) in [5, 5.41) is 30.7. The number of hydrogen-bond acceptors (Lipinski definition) is 5. The second-order valence-electron chi connectivity index (χ2n) is 8.32. The van der Waals surface area contributed by atoms with Crippen LogP contribution >= 0.6 is 0 Å². The van der Waals surface area contributed by atoms with Crippen LogP contribution in [0, 0.1) is 17.3 Å². The van der Waals surface area contributed by atoms with Crippen molar-refractivity contribution >= 4 is 5.97 Å². The molecule has 0 unspecified atom stereocenters. The molecule has 3 aliphatic carbocycles. The number of phenols is 1. The standard InChI is InChI=1S/C20H26O5/c1-10(21)25-17-8-12(22)7-11-3-4-13-14(18(11)17)5-6-20(2)15(13)9-16(23)19(20)24/h7-8,13-16,19,22-24H,3-6,9H2,1-2H3/t13-,14+,15+,16-,19+,20+/m1/s1. The molecule has 0 saturated heterocycles. The molecule has 0 amide bonds. The lowest BCUT2D eigenvalue weighted by atomic mass is 9.55. The second kappa shape index (κ2) is 5.71. The Labute approximate surface area is 147 Å². The zero-order valence-corrected chi connectivity index (χ0v) is 14.7. The Bertz CT molecular complexity index is 714. The predicted octanol–water partition coefficient (Wildman–Crippen LogP) is 2.51. The van der Waals surface area contributed by atoms with Crippen molar-refractivity contribution in [1.29, 1.82) is 0 Å². The first-order valence-corrected chi connectivity index (χ1v) is 9.21. The van der Waals surface area contributed by atoms with E-state index in [1.54, 1.807) is 6.07 Å². The summed E-state index contributed by atoms with van der Waals surface area (Å²) in [4.78, 5) is 11.5. The number of ether oxygens (including phenoxy) is 1. The number of benzene rings is 1. The summed E-state index contributed by atoms with van der Waals surface area (Å²) in [6.07, 6.45) is 2.85. The fourth-order valence-electron chi connectivity index (χ4n) is 5.89. The van der Waals surface area contributed by atoms with Gasteiger partial charge in [0.15, 0.2) is 0 Å². The molecular weight excluding hydrogens is 320 g/mol. The lowest BCUT2D eigenvalue weighted by Gasteiger charge is -2.50. The van der Waals surface area contributed by atoms with Gasteiger partial charge in [-0.3, -0.25) is 4.79 Å². The molecule has 2 saturated carbocycles. The normalized spacial score (nSPS) is 39.3. The molecule has 0 spiro atoms. The van der Waals surface area contributed by atoms with Gasteiger partial charge >= 0.3 is 5.97 Å². The number of aliphatic hydroxyl groups excluding tert-OH is 2. The van der Waals surface area contributed by atoms with Gasteiger partial charge in [-0.1, -0.05) is 6.92 Å². The lowest BCUT2D eigenvalue weighted by Crippen LogP contribution is -2.44. The van der Waals surface area contributed by atoms with Crippen LogP contribution in [0.2, 0.25) is 0 Å². The number of hydrogen-bond donors (Lipinski definition) is 3.